The van der Waals surface area contributed by atoms with Crippen molar-refractivity contribution >= 4 is 22.9 Å². The van der Waals surface area contributed by atoms with Crippen molar-refractivity contribution in [2.75, 3.05) is 4.90 Å². The van der Waals surface area contributed by atoms with Gasteiger partial charge in [-0.3, -0.25) is 4.68 Å². The number of carboxylic acid groups (broad SMARTS) is 1. The van der Waals surface area contributed by atoms with Crippen molar-refractivity contribution in [3.05, 3.63) is 54.7 Å². The molecule has 4 heterocycles. The molecule has 1 aliphatic rings. The van der Waals surface area contributed by atoms with Gasteiger partial charge >= 0.3 is 6.09 Å². The largest absolute Gasteiger partial charge is 0.465 e. The number of benzene rings is 1. The van der Waals surface area contributed by atoms with Crippen molar-refractivity contribution in [3.63, 3.8) is 0 Å². The molecular formula is C27H27F3N8O2. The number of fused-ring (bicyclic) bond motifs is 1. The summed E-state index contributed by atoms with van der Waals surface area (Å²) in [7, 11) is 1.72. The number of aromatic nitrogens is 5. The zero-order valence-electron chi connectivity index (χ0n) is 22.4. The average Bonchev–Trinajstić information content (AvgIpc) is 3.51. The average molecular weight is 553 g/mol. The predicted molar refractivity (Wildman–Crippen MR) is 141 cm³/mol. The molecule has 0 bridgehead atoms. The van der Waals surface area contributed by atoms with Gasteiger partial charge in [0.15, 0.2) is 5.65 Å². The van der Waals surface area contributed by atoms with Crippen molar-refractivity contribution in [1.29, 1.82) is 5.26 Å². The third-order valence-electron chi connectivity index (χ3n) is 7.40. The Balaban J connectivity index is 1.81. The summed E-state index contributed by atoms with van der Waals surface area (Å²) in [5, 5.41) is 23.7. The normalized spacial score (nSPS) is 23.4. The number of nitriles is 1. The van der Waals surface area contributed by atoms with Gasteiger partial charge in [-0.05, 0) is 25.1 Å². The van der Waals surface area contributed by atoms with E-state index in [4.69, 9.17) is 0 Å². The number of piperazine rings is 1. The third-order valence-corrected chi connectivity index (χ3v) is 7.40. The van der Waals surface area contributed by atoms with E-state index < -0.39 is 35.9 Å². The number of amides is 1. The molecule has 208 valence electrons. The highest BCUT2D eigenvalue weighted by Crippen LogP contribution is 2.50. The topological polar surface area (TPSA) is 116 Å². The van der Waals surface area contributed by atoms with Crippen LogP contribution in [0.2, 0.25) is 0 Å². The first kappa shape index (κ1) is 27.0. The van der Waals surface area contributed by atoms with Gasteiger partial charge in [0, 0.05) is 41.7 Å². The number of alkyl halides is 3. The Morgan fingerprint density at radius 1 is 1.18 bits per heavy atom. The Morgan fingerprint density at radius 2 is 1.90 bits per heavy atom. The van der Waals surface area contributed by atoms with Gasteiger partial charge in [-0.15, -0.1) is 0 Å². The smallest absolute Gasteiger partial charge is 0.412 e. The lowest BCUT2D eigenvalue weighted by Gasteiger charge is -2.57. The highest BCUT2D eigenvalue weighted by Gasteiger charge is 2.65. The highest BCUT2D eigenvalue weighted by molar-refractivity contribution is 6.02. The van der Waals surface area contributed by atoms with E-state index in [-0.39, 0.29) is 21.8 Å². The van der Waals surface area contributed by atoms with E-state index in [2.05, 4.69) is 21.1 Å². The van der Waals surface area contributed by atoms with Crippen molar-refractivity contribution in [2.24, 2.45) is 12.5 Å². The van der Waals surface area contributed by atoms with Crippen LogP contribution in [0.5, 0.6) is 0 Å². The second kappa shape index (κ2) is 9.25. The van der Waals surface area contributed by atoms with E-state index in [1.807, 2.05) is 0 Å². The molecule has 0 radical (unpaired) electrons. The zero-order valence-corrected chi connectivity index (χ0v) is 22.4. The van der Waals surface area contributed by atoms with E-state index in [1.165, 1.54) is 27.7 Å². The Bertz CT molecular complexity index is 1660. The molecule has 1 fully saturated rings. The second-order valence-corrected chi connectivity index (χ2v) is 10.8. The minimum absolute atomic E-state index is 0.0716. The van der Waals surface area contributed by atoms with Crippen molar-refractivity contribution in [3.8, 4) is 22.9 Å². The maximum absolute atomic E-state index is 16.9. The van der Waals surface area contributed by atoms with Crippen LogP contribution in [0.1, 0.15) is 33.3 Å². The summed E-state index contributed by atoms with van der Waals surface area (Å²) in [4.78, 5) is 21.5. The molecule has 0 saturated carbocycles. The predicted octanol–water partition coefficient (Wildman–Crippen LogP) is 5.18. The first-order chi connectivity index (χ1) is 18.8. The van der Waals surface area contributed by atoms with Gasteiger partial charge < -0.3 is 14.6 Å². The molecule has 1 amide bonds. The SMILES string of the molecule is CC1N(c2ncnc3c2c(-c2cnn(C)c2)cn3-c2cccc(C#N)c2)C(F)C(F)N(C(=O)O)C1(F)C(C)(C)C. The Hall–Kier alpha value is -4.60. The molecule has 4 atom stereocenters. The fourth-order valence-electron chi connectivity index (χ4n) is 5.51. The van der Waals surface area contributed by atoms with Crippen LogP contribution in [0.15, 0.2) is 49.2 Å². The first-order valence-corrected chi connectivity index (χ1v) is 12.4. The van der Waals surface area contributed by atoms with Gasteiger partial charge in [0.05, 0.1) is 29.3 Å². The van der Waals surface area contributed by atoms with Gasteiger partial charge in [-0.25, -0.2) is 32.8 Å². The van der Waals surface area contributed by atoms with E-state index in [0.717, 1.165) is 11.2 Å². The van der Waals surface area contributed by atoms with Crippen LogP contribution in [0.4, 0.5) is 23.8 Å². The molecule has 4 unspecified atom stereocenters. The number of halogens is 3. The van der Waals surface area contributed by atoms with Crippen molar-refractivity contribution in [2.45, 2.75) is 52.1 Å². The summed E-state index contributed by atoms with van der Waals surface area (Å²) >= 11 is 0. The van der Waals surface area contributed by atoms with Gasteiger partial charge in [0.1, 0.15) is 12.1 Å². The van der Waals surface area contributed by atoms with E-state index >= 15 is 13.2 Å². The number of carbonyl (C=O) groups is 1. The number of rotatable bonds is 3. The summed E-state index contributed by atoms with van der Waals surface area (Å²) in [5.41, 5.74) is 0.903. The number of aryl methyl sites for hydroxylation is 1. The van der Waals surface area contributed by atoms with E-state index in [1.54, 1.807) is 59.2 Å². The second-order valence-electron chi connectivity index (χ2n) is 10.8. The van der Waals surface area contributed by atoms with Crippen LogP contribution in [0.25, 0.3) is 27.8 Å². The maximum Gasteiger partial charge on any atom is 0.412 e. The molecule has 40 heavy (non-hydrogen) atoms. The quantitative estimate of drug-likeness (QED) is 0.348. The van der Waals surface area contributed by atoms with Crippen LogP contribution in [-0.4, -0.2) is 64.8 Å². The lowest BCUT2D eigenvalue weighted by Crippen LogP contribution is -2.75. The number of hydrogen-bond donors (Lipinski definition) is 1. The molecule has 5 rings (SSSR count). The summed E-state index contributed by atoms with van der Waals surface area (Å²) in [5.74, 6) is -2.96. The summed E-state index contributed by atoms with van der Waals surface area (Å²) < 4.78 is 51.7. The summed E-state index contributed by atoms with van der Waals surface area (Å²) in [6.07, 6.45) is -1.18. The summed E-state index contributed by atoms with van der Waals surface area (Å²) in [6.45, 7) is 5.60. The minimum Gasteiger partial charge on any atom is -0.465 e. The molecule has 10 nitrogen and oxygen atoms in total. The molecule has 1 aliphatic heterocycles. The monoisotopic (exact) mass is 552 g/mol. The molecule has 1 saturated heterocycles. The van der Waals surface area contributed by atoms with Crippen LogP contribution in [0.3, 0.4) is 0 Å². The zero-order chi connectivity index (χ0) is 29.1. The Morgan fingerprint density at radius 3 is 2.50 bits per heavy atom. The fraction of sp³-hybridized carbons (Fsp3) is 0.370. The Labute approximate surface area is 227 Å². The van der Waals surface area contributed by atoms with Crippen LogP contribution in [-0.2, 0) is 7.05 Å². The number of nitrogens with zero attached hydrogens (tertiary/aromatic N) is 8. The minimum atomic E-state index is -2.85. The standard InChI is InChI=1S/C27H27F3N8O2/c1-15-27(30,26(2,3)4)38(25(39)40)22(29)21(28)37(15)24-20-19(17-11-34-35(5)12-17)13-36(23(20)32-14-33-24)18-8-6-7-16(9-18)10-31/h6-9,11-15,21-22H,1-5H3,(H,39,40). The van der Waals surface area contributed by atoms with Gasteiger partial charge in [0.25, 0.3) is 0 Å². The highest BCUT2D eigenvalue weighted by atomic mass is 19.2. The van der Waals surface area contributed by atoms with Crippen LogP contribution >= 0.6 is 0 Å². The van der Waals surface area contributed by atoms with Crippen molar-refractivity contribution < 1.29 is 23.1 Å². The van der Waals surface area contributed by atoms with Crippen molar-refractivity contribution in [1.82, 2.24) is 29.2 Å². The number of anilines is 1. The molecule has 13 heteroatoms. The molecule has 0 aliphatic carbocycles. The van der Waals surface area contributed by atoms with Gasteiger partial charge in [-0.1, -0.05) is 26.8 Å². The fourth-order valence-corrected chi connectivity index (χ4v) is 5.51. The Kier molecular flexibility index (Phi) is 6.24. The summed E-state index contributed by atoms with van der Waals surface area (Å²) in [6, 6.07) is 7.33. The van der Waals surface area contributed by atoms with E-state index in [9.17, 15) is 15.2 Å². The number of hydrogen-bond acceptors (Lipinski definition) is 6. The molecule has 3 aromatic heterocycles. The molecular weight excluding hydrogens is 525 g/mol. The third kappa shape index (κ3) is 3.85. The van der Waals surface area contributed by atoms with Crippen LogP contribution < -0.4 is 4.90 Å². The molecule has 1 aromatic carbocycles. The van der Waals surface area contributed by atoms with E-state index in [0.29, 0.717) is 22.4 Å². The lowest BCUT2D eigenvalue weighted by molar-refractivity contribution is -0.193. The molecule has 4 aromatic rings. The van der Waals surface area contributed by atoms with Gasteiger partial charge in [-0.2, -0.15) is 10.4 Å². The maximum atomic E-state index is 16.9. The molecule has 0 spiro atoms. The van der Waals surface area contributed by atoms with Crippen LogP contribution in [0, 0.1) is 16.7 Å². The molecule has 1 N–H and O–H groups in total. The first-order valence-electron chi connectivity index (χ1n) is 12.4. The lowest BCUT2D eigenvalue weighted by atomic mass is 9.77. The van der Waals surface area contributed by atoms with Gasteiger partial charge in [0.2, 0.25) is 18.4 Å².